The number of sulfonamides is 1. The van der Waals surface area contributed by atoms with E-state index < -0.39 is 10.0 Å². The van der Waals surface area contributed by atoms with Crippen LogP contribution in [0.1, 0.15) is 13.8 Å². The van der Waals surface area contributed by atoms with Crippen LogP contribution >= 0.6 is 23.2 Å². The summed E-state index contributed by atoms with van der Waals surface area (Å²) in [6.45, 7) is 4.36. The first-order valence-corrected chi connectivity index (χ1v) is 8.50. The largest absolute Gasteiger partial charge is 0.244 e. The van der Waals surface area contributed by atoms with Crippen LogP contribution < -0.4 is 0 Å². The van der Waals surface area contributed by atoms with Crippen molar-refractivity contribution in [3.8, 4) is 0 Å². The first-order valence-electron chi connectivity index (χ1n) is 6.30. The number of hydrogen-bond acceptors (Lipinski definition) is 2. The lowest BCUT2D eigenvalue weighted by atomic mass is 10.1. The Bertz CT molecular complexity index is 740. The molecule has 0 aromatic heterocycles. The third kappa shape index (κ3) is 2.53. The first-order chi connectivity index (χ1) is 9.43. The van der Waals surface area contributed by atoms with E-state index in [0.29, 0.717) is 23.5 Å². The average Bonchev–Trinajstić information content (AvgIpc) is 2.43. The predicted octanol–water partition coefficient (Wildman–Crippen LogP) is 4.18. The predicted molar refractivity (Wildman–Crippen MR) is 84.1 cm³/mol. The summed E-state index contributed by atoms with van der Waals surface area (Å²) in [4.78, 5) is 0.0616. The minimum Gasteiger partial charge on any atom is -0.207 e. The van der Waals surface area contributed by atoms with E-state index in [2.05, 4.69) is 0 Å². The van der Waals surface area contributed by atoms with Crippen LogP contribution in [-0.2, 0) is 10.0 Å². The third-order valence-electron chi connectivity index (χ3n) is 3.22. The molecule has 2 rings (SSSR count). The third-order valence-corrected chi connectivity index (χ3v) is 6.12. The maximum Gasteiger partial charge on any atom is 0.244 e. The highest BCUT2D eigenvalue weighted by atomic mass is 35.5. The van der Waals surface area contributed by atoms with Gasteiger partial charge < -0.3 is 0 Å². The smallest absolute Gasteiger partial charge is 0.207 e. The topological polar surface area (TPSA) is 37.4 Å². The standard InChI is InChI=1S/C14H15Cl2NO2S/c1-3-17(4-2)20(18,19)13-9-12(15)10-7-5-6-8-11(10)14(13)16/h5-9H,3-4H2,1-2H3. The van der Waals surface area contributed by atoms with E-state index >= 15 is 0 Å². The number of rotatable bonds is 4. The molecule has 0 aliphatic heterocycles. The molecule has 0 N–H and O–H groups in total. The van der Waals surface area contributed by atoms with Crippen molar-refractivity contribution in [3.63, 3.8) is 0 Å². The summed E-state index contributed by atoms with van der Waals surface area (Å²) in [7, 11) is -3.63. The van der Waals surface area contributed by atoms with Crippen molar-refractivity contribution in [1.29, 1.82) is 0 Å². The van der Waals surface area contributed by atoms with Gasteiger partial charge in [-0.15, -0.1) is 0 Å². The highest BCUT2D eigenvalue weighted by molar-refractivity contribution is 7.89. The number of benzene rings is 2. The van der Waals surface area contributed by atoms with E-state index in [4.69, 9.17) is 23.2 Å². The SMILES string of the molecule is CCN(CC)S(=O)(=O)c1cc(Cl)c2ccccc2c1Cl. The van der Waals surface area contributed by atoms with Gasteiger partial charge in [-0.1, -0.05) is 61.3 Å². The van der Waals surface area contributed by atoms with Gasteiger partial charge in [0.15, 0.2) is 0 Å². The fourth-order valence-corrected chi connectivity index (χ4v) is 4.57. The second kappa shape index (κ2) is 5.90. The second-order valence-corrected chi connectivity index (χ2v) is 7.00. The van der Waals surface area contributed by atoms with E-state index in [-0.39, 0.29) is 9.92 Å². The lowest BCUT2D eigenvalue weighted by Crippen LogP contribution is -2.30. The summed E-state index contributed by atoms with van der Waals surface area (Å²) >= 11 is 12.5. The van der Waals surface area contributed by atoms with Gasteiger partial charge in [0.2, 0.25) is 10.0 Å². The van der Waals surface area contributed by atoms with Gasteiger partial charge in [-0.25, -0.2) is 8.42 Å². The molecule has 0 aliphatic rings. The fraction of sp³-hybridized carbons (Fsp3) is 0.286. The Morgan fingerprint density at radius 1 is 1.05 bits per heavy atom. The molecule has 2 aromatic carbocycles. The maximum absolute atomic E-state index is 12.6. The highest BCUT2D eigenvalue weighted by Crippen LogP contribution is 2.36. The first kappa shape index (κ1) is 15.6. The van der Waals surface area contributed by atoms with Crippen molar-refractivity contribution < 1.29 is 8.42 Å². The molecule has 0 heterocycles. The Labute approximate surface area is 129 Å². The molecule has 2 aromatic rings. The normalized spacial score (nSPS) is 12.2. The zero-order chi connectivity index (χ0) is 14.9. The Morgan fingerprint density at radius 2 is 1.60 bits per heavy atom. The lowest BCUT2D eigenvalue weighted by Gasteiger charge is -2.20. The molecule has 0 saturated carbocycles. The van der Waals surface area contributed by atoms with Gasteiger partial charge in [-0.2, -0.15) is 4.31 Å². The zero-order valence-corrected chi connectivity index (χ0v) is 13.6. The molecule has 6 heteroatoms. The molecule has 20 heavy (non-hydrogen) atoms. The summed E-state index contributed by atoms with van der Waals surface area (Å²) < 4.78 is 26.5. The highest BCUT2D eigenvalue weighted by Gasteiger charge is 2.26. The Hall–Kier alpha value is -0.810. The van der Waals surface area contributed by atoms with Crippen molar-refractivity contribution in [2.24, 2.45) is 0 Å². The van der Waals surface area contributed by atoms with Gasteiger partial charge in [-0.05, 0) is 6.07 Å². The molecule has 3 nitrogen and oxygen atoms in total. The van der Waals surface area contributed by atoms with E-state index in [1.54, 1.807) is 26.0 Å². The fourth-order valence-electron chi connectivity index (χ4n) is 2.16. The minimum absolute atomic E-state index is 0.0616. The quantitative estimate of drug-likeness (QED) is 0.842. The van der Waals surface area contributed by atoms with E-state index in [9.17, 15) is 8.42 Å². The molecule has 0 radical (unpaired) electrons. The van der Waals surface area contributed by atoms with Crippen LogP contribution in [0, 0.1) is 0 Å². The zero-order valence-electron chi connectivity index (χ0n) is 11.2. The molecule has 0 unspecified atom stereocenters. The Kier molecular flexibility index (Phi) is 4.59. The Balaban J connectivity index is 2.76. The monoisotopic (exact) mass is 331 g/mol. The van der Waals surface area contributed by atoms with Crippen LogP contribution in [0.15, 0.2) is 35.2 Å². The molecular formula is C14H15Cl2NO2S. The van der Waals surface area contributed by atoms with Crippen LogP contribution in [0.5, 0.6) is 0 Å². The molecule has 0 saturated heterocycles. The van der Waals surface area contributed by atoms with Crippen molar-refractivity contribution in [2.45, 2.75) is 18.7 Å². The summed E-state index contributed by atoms with van der Waals surface area (Å²) in [5.41, 5.74) is 0. The number of halogens is 2. The number of fused-ring (bicyclic) bond motifs is 1. The Morgan fingerprint density at radius 3 is 2.15 bits per heavy atom. The van der Waals surface area contributed by atoms with E-state index in [1.807, 2.05) is 12.1 Å². The van der Waals surface area contributed by atoms with Crippen LogP contribution in [0.25, 0.3) is 10.8 Å². The van der Waals surface area contributed by atoms with Gasteiger partial charge in [0.25, 0.3) is 0 Å². The lowest BCUT2D eigenvalue weighted by molar-refractivity contribution is 0.445. The number of nitrogens with zero attached hydrogens (tertiary/aromatic N) is 1. The van der Waals surface area contributed by atoms with Crippen LogP contribution in [0.2, 0.25) is 10.0 Å². The van der Waals surface area contributed by atoms with Crippen molar-refractivity contribution >= 4 is 44.0 Å². The summed E-state index contributed by atoms with van der Waals surface area (Å²) in [5.74, 6) is 0. The molecule has 0 amide bonds. The van der Waals surface area contributed by atoms with E-state index in [1.165, 1.54) is 10.4 Å². The summed E-state index contributed by atoms with van der Waals surface area (Å²) in [6.07, 6.45) is 0. The van der Waals surface area contributed by atoms with Crippen LogP contribution in [0.3, 0.4) is 0 Å². The minimum atomic E-state index is -3.63. The van der Waals surface area contributed by atoms with Crippen molar-refractivity contribution in [2.75, 3.05) is 13.1 Å². The maximum atomic E-state index is 12.6. The van der Waals surface area contributed by atoms with Crippen molar-refractivity contribution in [3.05, 3.63) is 40.4 Å². The van der Waals surface area contributed by atoms with Gasteiger partial charge in [-0.3, -0.25) is 0 Å². The molecular weight excluding hydrogens is 317 g/mol. The van der Waals surface area contributed by atoms with E-state index in [0.717, 1.165) is 5.39 Å². The molecule has 108 valence electrons. The van der Waals surface area contributed by atoms with Crippen molar-refractivity contribution in [1.82, 2.24) is 4.31 Å². The molecule has 0 aliphatic carbocycles. The average molecular weight is 332 g/mol. The van der Waals surface area contributed by atoms with Crippen LogP contribution in [0.4, 0.5) is 0 Å². The molecule has 0 bridgehead atoms. The number of hydrogen-bond donors (Lipinski definition) is 0. The molecule has 0 atom stereocenters. The molecule has 0 fully saturated rings. The van der Waals surface area contributed by atoms with Gasteiger partial charge in [0, 0.05) is 28.9 Å². The molecule has 0 spiro atoms. The summed E-state index contributed by atoms with van der Waals surface area (Å²) in [5, 5.41) is 2.00. The summed E-state index contributed by atoms with van der Waals surface area (Å²) in [6, 6.07) is 8.66. The second-order valence-electron chi connectivity index (χ2n) is 4.31. The van der Waals surface area contributed by atoms with Gasteiger partial charge >= 0.3 is 0 Å². The van der Waals surface area contributed by atoms with Crippen LogP contribution in [-0.4, -0.2) is 25.8 Å². The van der Waals surface area contributed by atoms with Gasteiger partial charge in [0.1, 0.15) is 4.90 Å². The van der Waals surface area contributed by atoms with Gasteiger partial charge in [0.05, 0.1) is 5.02 Å².